The maximum atomic E-state index is 13.3. The lowest BCUT2D eigenvalue weighted by atomic mass is 9.71. The van der Waals surface area contributed by atoms with Gasteiger partial charge in [-0.2, -0.15) is 0 Å². The highest BCUT2D eigenvalue weighted by Crippen LogP contribution is 2.46. The topological polar surface area (TPSA) is 75.2 Å². The van der Waals surface area contributed by atoms with Crippen LogP contribution in [0.25, 0.3) is 0 Å². The molecule has 0 aromatic carbocycles. The number of hydrogen-bond donors (Lipinski definition) is 1. The van der Waals surface area contributed by atoms with Gasteiger partial charge in [-0.15, -0.1) is 0 Å². The number of amides is 2. The van der Waals surface area contributed by atoms with Gasteiger partial charge in [0, 0.05) is 35.9 Å². The zero-order valence-corrected chi connectivity index (χ0v) is 16.4. The number of nitrogens with one attached hydrogen (secondary N) is 1. The second kappa shape index (κ2) is 7.34. The second-order valence-electron chi connectivity index (χ2n) is 8.07. The van der Waals surface area contributed by atoms with Gasteiger partial charge < -0.3 is 10.2 Å². The Morgan fingerprint density at radius 1 is 1.21 bits per heavy atom. The normalized spacial score (nSPS) is 24.6. The molecule has 2 aromatic rings. The largest absolute Gasteiger partial charge is 0.348 e. The lowest BCUT2D eigenvalue weighted by Crippen LogP contribution is -2.46. The Morgan fingerprint density at radius 3 is 2.86 bits per heavy atom. The van der Waals surface area contributed by atoms with Gasteiger partial charge in [0.05, 0.1) is 5.41 Å². The third-order valence-corrected chi connectivity index (χ3v) is 6.01. The Bertz CT molecular complexity index is 913. The number of pyridine rings is 2. The lowest BCUT2D eigenvalue weighted by molar-refractivity contribution is -0.127. The molecule has 0 radical (unpaired) electrons. The molecule has 2 amide bonds. The first-order valence-electron chi connectivity index (χ1n) is 9.96. The highest BCUT2D eigenvalue weighted by molar-refractivity contribution is 6.00. The zero-order valence-electron chi connectivity index (χ0n) is 16.4. The lowest BCUT2D eigenvalue weighted by Gasteiger charge is -2.36. The molecule has 1 N–H and O–H groups in total. The summed E-state index contributed by atoms with van der Waals surface area (Å²) in [6.45, 7) is 4.53. The van der Waals surface area contributed by atoms with Gasteiger partial charge in [-0.3, -0.25) is 14.6 Å². The quantitative estimate of drug-likeness (QED) is 0.890. The van der Waals surface area contributed by atoms with Crippen molar-refractivity contribution in [2.75, 3.05) is 11.4 Å². The van der Waals surface area contributed by atoms with Crippen LogP contribution in [0.3, 0.4) is 0 Å². The second-order valence-corrected chi connectivity index (χ2v) is 8.07. The van der Waals surface area contributed by atoms with E-state index in [1.807, 2.05) is 43.0 Å². The van der Waals surface area contributed by atoms with E-state index in [-0.39, 0.29) is 23.3 Å². The van der Waals surface area contributed by atoms with Gasteiger partial charge in [-0.05, 0) is 63.8 Å². The molecule has 6 heteroatoms. The van der Waals surface area contributed by atoms with E-state index >= 15 is 0 Å². The summed E-state index contributed by atoms with van der Waals surface area (Å²) >= 11 is 0. The van der Waals surface area contributed by atoms with Crippen LogP contribution in [0.5, 0.6) is 0 Å². The van der Waals surface area contributed by atoms with Crippen LogP contribution in [0.15, 0.2) is 36.5 Å². The molecule has 1 aliphatic carbocycles. The van der Waals surface area contributed by atoms with Crippen LogP contribution in [0.4, 0.5) is 5.69 Å². The number of nitrogens with zero attached hydrogens (tertiary/aromatic N) is 3. The summed E-state index contributed by atoms with van der Waals surface area (Å²) in [6.07, 6.45) is 6.03. The van der Waals surface area contributed by atoms with Crippen molar-refractivity contribution >= 4 is 17.5 Å². The van der Waals surface area contributed by atoms with E-state index in [1.165, 1.54) is 0 Å². The summed E-state index contributed by atoms with van der Waals surface area (Å²) in [5.74, 6) is 0.0311. The predicted octanol–water partition coefficient (Wildman–Crippen LogP) is 3.19. The number of anilines is 1. The summed E-state index contributed by atoms with van der Waals surface area (Å²) in [5, 5.41) is 3.12. The number of carbonyl (C=O) groups excluding carboxylic acids is 2. The molecule has 2 fully saturated rings. The summed E-state index contributed by atoms with van der Waals surface area (Å²) < 4.78 is 0. The molecule has 0 bridgehead atoms. The number of aromatic nitrogens is 2. The number of hydrogen-bond acceptors (Lipinski definition) is 4. The highest BCUT2D eigenvalue weighted by atomic mass is 16.2. The Labute approximate surface area is 165 Å². The highest BCUT2D eigenvalue weighted by Gasteiger charge is 2.49. The summed E-state index contributed by atoms with van der Waals surface area (Å²) in [6, 6.07) is 9.31. The van der Waals surface area contributed by atoms with Crippen LogP contribution >= 0.6 is 0 Å². The summed E-state index contributed by atoms with van der Waals surface area (Å²) in [7, 11) is 0. The molecule has 1 aliphatic heterocycles. The Morgan fingerprint density at radius 2 is 2.07 bits per heavy atom. The molecule has 2 aromatic heterocycles. The first kappa shape index (κ1) is 18.6. The van der Waals surface area contributed by atoms with Crippen molar-refractivity contribution in [2.45, 2.75) is 52.0 Å². The minimum absolute atomic E-state index is 0.00615. The van der Waals surface area contributed by atoms with Crippen molar-refractivity contribution in [2.24, 2.45) is 5.41 Å². The van der Waals surface area contributed by atoms with Crippen molar-refractivity contribution in [3.63, 3.8) is 0 Å². The standard InChI is InChI=1S/C22H26N4O2/c1-15-5-3-7-19(24-15)20(27)25-17-6-4-9-22(14-17)10-12-26(21(22)28)18-8-11-23-16(2)13-18/h3,5,7-8,11,13,17H,4,6,9-10,12,14H2,1-2H3,(H,25,27)/t17-,22+/m1/s1. The Balaban J connectivity index is 1.47. The predicted molar refractivity (Wildman–Crippen MR) is 107 cm³/mol. The fourth-order valence-corrected chi connectivity index (χ4v) is 4.60. The minimum atomic E-state index is -0.368. The molecule has 2 aliphatic rings. The van der Waals surface area contributed by atoms with Crippen LogP contribution in [0, 0.1) is 19.3 Å². The average Bonchev–Trinajstić information content (AvgIpc) is 2.97. The monoisotopic (exact) mass is 378 g/mol. The summed E-state index contributed by atoms with van der Waals surface area (Å²) in [5.41, 5.74) is 2.72. The van der Waals surface area contributed by atoms with Gasteiger partial charge in [0.1, 0.15) is 5.69 Å². The molecule has 1 saturated heterocycles. The van der Waals surface area contributed by atoms with Crippen LogP contribution < -0.4 is 10.2 Å². The van der Waals surface area contributed by atoms with Crippen molar-refractivity contribution in [1.82, 2.24) is 15.3 Å². The van der Waals surface area contributed by atoms with Crippen LogP contribution in [-0.4, -0.2) is 34.4 Å². The number of aryl methyl sites for hydroxylation is 2. The molecule has 146 valence electrons. The van der Waals surface area contributed by atoms with Gasteiger partial charge >= 0.3 is 0 Å². The SMILES string of the molecule is Cc1cc(N2CC[C@]3(CCC[C@@H](NC(=O)c4cccc(C)n4)C3)C2=O)ccn1. The van der Waals surface area contributed by atoms with E-state index in [4.69, 9.17) is 0 Å². The third kappa shape index (κ3) is 3.51. The molecule has 3 heterocycles. The van der Waals surface area contributed by atoms with Gasteiger partial charge in [0.15, 0.2) is 0 Å². The fourth-order valence-electron chi connectivity index (χ4n) is 4.60. The van der Waals surface area contributed by atoms with E-state index < -0.39 is 0 Å². The number of rotatable bonds is 3. The molecule has 28 heavy (non-hydrogen) atoms. The van der Waals surface area contributed by atoms with E-state index in [1.54, 1.807) is 12.3 Å². The van der Waals surface area contributed by atoms with Crippen molar-refractivity contribution in [3.05, 3.63) is 53.6 Å². The van der Waals surface area contributed by atoms with Crippen LogP contribution in [0.1, 0.15) is 54.0 Å². The molecular weight excluding hydrogens is 352 g/mol. The molecule has 1 spiro atoms. The van der Waals surface area contributed by atoms with E-state index in [9.17, 15) is 9.59 Å². The Kier molecular flexibility index (Phi) is 4.87. The van der Waals surface area contributed by atoms with Gasteiger partial charge in [0.25, 0.3) is 5.91 Å². The van der Waals surface area contributed by atoms with Crippen molar-refractivity contribution < 1.29 is 9.59 Å². The maximum absolute atomic E-state index is 13.3. The molecule has 6 nitrogen and oxygen atoms in total. The molecule has 4 rings (SSSR count). The first-order chi connectivity index (χ1) is 13.5. The molecule has 1 saturated carbocycles. The number of carbonyl (C=O) groups is 2. The first-order valence-corrected chi connectivity index (χ1v) is 9.96. The average molecular weight is 378 g/mol. The summed E-state index contributed by atoms with van der Waals surface area (Å²) in [4.78, 5) is 36.3. The Hall–Kier alpha value is -2.76. The fraction of sp³-hybridized carbons (Fsp3) is 0.455. The van der Waals surface area contributed by atoms with Gasteiger partial charge in [-0.1, -0.05) is 12.5 Å². The van der Waals surface area contributed by atoms with E-state index in [2.05, 4.69) is 15.3 Å². The molecule has 2 atom stereocenters. The van der Waals surface area contributed by atoms with Gasteiger partial charge in [-0.25, -0.2) is 4.98 Å². The third-order valence-electron chi connectivity index (χ3n) is 6.01. The maximum Gasteiger partial charge on any atom is 0.270 e. The van der Waals surface area contributed by atoms with Crippen LogP contribution in [-0.2, 0) is 4.79 Å². The van der Waals surface area contributed by atoms with Crippen molar-refractivity contribution in [1.29, 1.82) is 0 Å². The smallest absolute Gasteiger partial charge is 0.270 e. The molecule has 0 unspecified atom stereocenters. The van der Waals surface area contributed by atoms with Crippen LogP contribution in [0.2, 0.25) is 0 Å². The van der Waals surface area contributed by atoms with E-state index in [0.29, 0.717) is 12.1 Å². The van der Waals surface area contributed by atoms with Gasteiger partial charge in [0.2, 0.25) is 5.91 Å². The molecular formula is C22H26N4O2. The minimum Gasteiger partial charge on any atom is -0.348 e. The van der Waals surface area contributed by atoms with E-state index in [0.717, 1.165) is 49.3 Å². The zero-order chi connectivity index (χ0) is 19.7. The van der Waals surface area contributed by atoms with Crippen molar-refractivity contribution in [3.8, 4) is 0 Å².